The molecule has 5 heteroatoms. The summed E-state index contributed by atoms with van der Waals surface area (Å²) in [6.45, 7) is -0.965. The summed E-state index contributed by atoms with van der Waals surface area (Å²) >= 11 is 6.07. The van der Waals surface area contributed by atoms with Gasteiger partial charge in [0.1, 0.15) is 11.6 Å². The van der Waals surface area contributed by atoms with Gasteiger partial charge in [-0.1, -0.05) is 0 Å². The zero-order valence-electron chi connectivity index (χ0n) is 5.78. The second-order valence-corrected chi connectivity index (χ2v) is 3.60. The quantitative estimate of drug-likeness (QED) is 0.758. The normalized spacial score (nSPS) is 10.0. The third kappa shape index (κ3) is 2.17. The first-order chi connectivity index (χ1) is 5.65. The van der Waals surface area contributed by atoms with Crippen LogP contribution in [-0.4, -0.2) is 6.86 Å². The van der Waals surface area contributed by atoms with Crippen molar-refractivity contribution in [1.29, 1.82) is 0 Å². The van der Waals surface area contributed by atoms with Gasteiger partial charge in [0.05, 0.1) is 4.47 Å². The average Bonchev–Trinajstić information content (AvgIpc) is 2.01. The molecule has 0 aliphatic rings. The maximum absolute atomic E-state index is 12.9. The first-order valence-corrected chi connectivity index (χ1v) is 4.57. The fourth-order valence-corrected chi connectivity index (χ4v) is 1.32. The first kappa shape index (κ1) is 9.92. The van der Waals surface area contributed by atoms with Gasteiger partial charge in [0, 0.05) is 10.5 Å². The van der Waals surface area contributed by atoms with Gasteiger partial charge in [0.2, 0.25) is 6.86 Å². The summed E-state index contributed by atoms with van der Waals surface area (Å²) in [5.74, 6) is -0.335. The van der Waals surface area contributed by atoms with Crippen molar-refractivity contribution >= 4 is 31.9 Å². The van der Waals surface area contributed by atoms with Crippen LogP contribution in [0, 0.1) is 5.82 Å². The Balaban J connectivity index is 3.04. The van der Waals surface area contributed by atoms with Gasteiger partial charge in [-0.2, -0.15) is 0 Å². The minimum Gasteiger partial charge on any atom is -0.463 e. The summed E-state index contributed by atoms with van der Waals surface area (Å²) in [6, 6.07) is 2.58. The second kappa shape index (κ2) is 4.18. The van der Waals surface area contributed by atoms with Crippen LogP contribution >= 0.6 is 31.9 Å². The first-order valence-electron chi connectivity index (χ1n) is 2.98. The van der Waals surface area contributed by atoms with Crippen LogP contribution < -0.4 is 4.74 Å². The van der Waals surface area contributed by atoms with Gasteiger partial charge < -0.3 is 4.74 Å². The molecule has 66 valence electrons. The molecule has 0 N–H and O–H groups in total. The minimum atomic E-state index is -0.965. The Morgan fingerprint density at radius 2 is 2.00 bits per heavy atom. The number of hydrogen-bond acceptors (Lipinski definition) is 1. The molecule has 0 saturated heterocycles. The Hall–Kier alpha value is -0.160. The molecule has 0 radical (unpaired) electrons. The molecule has 0 spiro atoms. The molecule has 0 heterocycles. The number of benzene rings is 1. The maximum Gasteiger partial charge on any atom is 0.228 e. The highest BCUT2D eigenvalue weighted by Gasteiger charge is 2.06. The summed E-state index contributed by atoms with van der Waals surface area (Å²) in [7, 11) is 0. The third-order valence-electron chi connectivity index (χ3n) is 1.18. The van der Waals surface area contributed by atoms with Gasteiger partial charge >= 0.3 is 0 Å². The highest BCUT2D eigenvalue weighted by Crippen LogP contribution is 2.30. The van der Waals surface area contributed by atoms with E-state index in [0.29, 0.717) is 8.95 Å². The van der Waals surface area contributed by atoms with E-state index in [9.17, 15) is 8.78 Å². The Labute approximate surface area is 85.0 Å². The van der Waals surface area contributed by atoms with Gasteiger partial charge in [-0.15, -0.1) is 0 Å². The SMILES string of the molecule is FCOc1cc(F)c(Br)c(Br)c1. The van der Waals surface area contributed by atoms with Crippen molar-refractivity contribution in [2.24, 2.45) is 0 Å². The lowest BCUT2D eigenvalue weighted by Gasteiger charge is -2.03. The zero-order chi connectivity index (χ0) is 9.14. The molecule has 1 nitrogen and oxygen atoms in total. The van der Waals surface area contributed by atoms with Crippen molar-refractivity contribution in [2.75, 3.05) is 6.86 Å². The number of rotatable bonds is 2. The number of alkyl halides is 1. The molecular weight excluding hydrogens is 298 g/mol. The lowest BCUT2D eigenvalue weighted by molar-refractivity contribution is 0.191. The second-order valence-electron chi connectivity index (χ2n) is 1.95. The van der Waals surface area contributed by atoms with Gasteiger partial charge in [-0.3, -0.25) is 0 Å². The fourth-order valence-electron chi connectivity index (χ4n) is 0.679. The van der Waals surface area contributed by atoms with Gasteiger partial charge in [0.25, 0.3) is 0 Å². The Morgan fingerprint density at radius 1 is 1.33 bits per heavy atom. The predicted octanol–water partition coefficient (Wildman–Crippen LogP) is 3.66. The maximum atomic E-state index is 12.9. The molecule has 0 aromatic heterocycles. The van der Waals surface area contributed by atoms with E-state index in [1.807, 2.05) is 0 Å². The molecule has 0 bridgehead atoms. The summed E-state index contributed by atoms with van der Waals surface area (Å²) in [4.78, 5) is 0. The molecule has 0 atom stereocenters. The van der Waals surface area contributed by atoms with Gasteiger partial charge in [-0.05, 0) is 37.9 Å². The lowest BCUT2D eigenvalue weighted by atomic mass is 10.3. The van der Waals surface area contributed by atoms with E-state index < -0.39 is 12.7 Å². The Kier molecular flexibility index (Phi) is 3.46. The standard InChI is InChI=1S/C7H4Br2F2O/c8-5-1-4(12-3-10)2-6(11)7(5)9/h1-2H,3H2. The van der Waals surface area contributed by atoms with Crippen LogP contribution in [0.25, 0.3) is 0 Å². The molecule has 1 rings (SSSR count). The highest BCUT2D eigenvalue weighted by atomic mass is 79.9. The largest absolute Gasteiger partial charge is 0.463 e. The zero-order valence-corrected chi connectivity index (χ0v) is 8.95. The van der Waals surface area contributed by atoms with Crippen LogP contribution in [0.3, 0.4) is 0 Å². The van der Waals surface area contributed by atoms with Crippen LogP contribution in [0.5, 0.6) is 5.75 Å². The Bertz CT molecular complexity index is 268. The van der Waals surface area contributed by atoms with Gasteiger partial charge in [-0.25, -0.2) is 8.78 Å². The molecule has 12 heavy (non-hydrogen) atoms. The average molecular weight is 302 g/mol. The fraction of sp³-hybridized carbons (Fsp3) is 0.143. The van der Waals surface area contributed by atoms with E-state index in [0.717, 1.165) is 6.07 Å². The van der Waals surface area contributed by atoms with E-state index in [4.69, 9.17) is 0 Å². The molecule has 0 fully saturated rings. The van der Waals surface area contributed by atoms with Crippen molar-refractivity contribution in [3.05, 3.63) is 26.9 Å². The van der Waals surface area contributed by atoms with Crippen LogP contribution in [0.1, 0.15) is 0 Å². The molecule has 0 amide bonds. The number of halogens is 4. The molecular formula is C7H4Br2F2O. The van der Waals surface area contributed by atoms with Crippen molar-refractivity contribution in [3.63, 3.8) is 0 Å². The topological polar surface area (TPSA) is 9.23 Å². The smallest absolute Gasteiger partial charge is 0.228 e. The van der Waals surface area contributed by atoms with Crippen LogP contribution in [0.2, 0.25) is 0 Å². The molecule has 0 saturated carbocycles. The van der Waals surface area contributed by atoms with Crippen LogP contribution in [-0.2, 0) is 0 Å². The van der Waals surface area contributed by atoms with E-state index in [1.54, 1.807) is 0 Å². The van der Waals surface area contributed by atoms with E-state index in [-0.39, 0.29) is 5.75 Å². The Morgan fingerprint density at radius 3 is 2.50 bits per heavy atom. The molecule has 0 aliphatic heterocycles. The van der Waals surface area contributed by atoms with E-state index >= 15 is 0 Å². The van der Waals surface area contributed by atoms with Crippen molar-refractivity contribution in [2.45, 2.75) is 0 Å². The molecule has 0 aliphatic carbocycles. The van der Waals surface area contributed by atoms with Gasteiger partial charge in [0.15, 0.2) is 0 Å². The van der Waals surface area contributed by atoms with Crippen LogP contribution in [0.15, 0.2) is 21.1 Å². The highest BCUT2D eigenvalue weighted by molar-refractivity contribution is 9.13. The summed E-state index contributed by atoms with van der Waals surface area (Å²) in [5, 5.41) is 0. The molecule has 1 aromatic carbocycles. The number of hydrogen-bond donors (Lipinski definition) is 0. The van der Waals surface area contributed by atoms with Crippen molar-refractivity contribution in [3.8, 4) is 5.75 Å². The predicted molar refractivity (Wildman–Crippen MR) is 48.4 cm³/mol. The van der Waals surface area contributed by atoms with Crippen molar-refractivity contribution in [1.82, 2.24) is 0 Å². The molecule has 0 unspecified atom stereocenters. The lowest BCUT2D eigenvalue weighted by Crippen LogP contribution is -1.91. The summed E-state index contributed by atoms with van der Waals surface area (Å²) < 4.78 is 29.8. The van der Waals surface area contributed by atoms with Crippen molar-refractivity contribution < 1.29 is 13.5 Å². The molecule has 1 aromatic rings. The van der Waals surface area contributed by atoms with E-state index in [1.165, 1.54) is 6.07 Å². The van der Waals surface area contributed by atoms with Crippen LogP contribution in [0.4, 0.5) is 8.78 Å². The monoisotopic (exact) mass is 300 g/mol. The summed E-state index contributed by atoms with van der Waals surface area (Å²) in [5.41, 5.74) is 0. The van der Waals surface area contributed by atoms with E-state index in [2.05, 4.69) is 36.6 Å². The minimum absolute atomic E-state index is 0.157. The summed E-state index contributed by atoms with van der Waals surface area (Å²) in [6.07, 6.45) is 0. The third-order valence-corrected chi connectivity index (χ3v) is 3.14. The number of ether oxygens (including phenoxy) is 1.